The highest BCUT2D eigenvalue weighted by atomic mass is 16.6. The highest BCUT2D eigenvalue weighted by Gasteiger charge is 2.01. The smallest absolute Gasteiger partial charge is 0.223 e. The molecule has 0 aliphatic rings. The number of hydrogen-bond donors (Lipinski definition) is 1. The SMILES string of the molecule is CC(C)=NOCCC(=O)NCCC(C)C. The predicted molar refractivity (Wildman–Crippen MR) is 61.8 cm³/mol. The number of amides is 1. The van der Waals surface area contributed by atoms with Crippen molar-refractivity contribution in [3.63, 3.8) is 0 Å². The average molecular weight is 214 g/mol. The number of oxime groups is 1. The Bertz CT molecular complexity index is 209. The zero-order chi connectivity index (χ0) is 11.7. The zero-order valence-electron chi connectivity index (χ0n) is 10.2. The lowest BCUT2D eigenvalue weighted by atomic mass is 10.1. The quantitative estimate of drug-likeness (QED) is 0.400. The molecule has 0 radical (unpaired) electrons. The summed E-state index contributed by atoms with van der Waals surface area (Å²) in [5, 5.41) is 6.58. The molecule has 0 aromatic heterocycles. The molecule has 4 nitrogen and oxygen atoms in total. The molecule has 88 valence electrons. The number of rotatable bonds is 7. The van der Waals surface area contributed by atoms with Crippen LogP contribution in [0.25, 0.3) is 0 Å². The van der Waals surface area contributed by atoms with Crippen molar-refractivity contribution in [2.75, 3.05) is 13.2 Å². The van der Waals surface area contributed by atoms with Gasteiger partial charge in [0.25, 0.3) is 0 Å². The Kier molecular flexibility index (Phi) is 7.68. The minimum Gasteiger partial charge on any atom is -0.395 e. The summed E-state index contributed by atoms with van der Waals surface area (Å²) >= 11 is 0. The minimum atomic E-state index is 0.0274. The van der Waals surface area contributed by atoms with Crippen molar-refractivity contribution in [1.29, 1.82) is 0 Å². The number of carbonyl (C=O) groups is 1. The van der Waals surface area contributed by atoms with E-state index in [0.29, 0.717) is 18.9 Å². The molecule has 0 aliphatic heterocycles. The first-order chi connectivity index (χ1) is 7.02. The second-order valence-electron chi connectivity index (χ2n) is 4.15. The van der Waals surface area contributed by atoms with Gasteiger partial charge in [-0.1, -0.05) is 19.0 Å². The van der Waals surface area contributed by atoms with Gasteiger partial charge in [0.2, 0.25) is 5.91 Å². The molecule has 0 rings (SSSR count). The van der Waals surface area contributed by atoms with Crippen molar-refractivity contribution in [1.82, 2.24) is 5.32 Å². The van der Waals surface area contributed by atoms with E-state index in [1.807, 2.05) is 13.8 Å². The second-order valence-corrected chi connectivity index (χ2v) is 4.15. The molecule has 0 spiro atoms. The van der Waals surface area contributed by atoms with Crippen LogP contribution in [0.5, 0.6) is 0 Å². The van der Waals surface area contributed by atoms with Gasteiger partial charge in [0, 0.05) is 6.54 Å². The Morgan fingerprint density at radius 1 is 1.40 bits per heavy atom. The van der Waals surface area contributed by atoms with Gasteiger partial charge >= 0.3 is 0 Å². The van der Waals surface area contributed by atoms with E-state index in [0.717, 1.165) is 18.7 Å². The molecule has 0 unspecified atom stereocenters. The van der Waals surface area contributed by atoms with Crippen LogP contribution in [-0.2, 0) is 9.63 Å². The Hall–Kier alpha value is -1.06. The van der Waals surface area contributed by atoms with E-state index in [4.69, 9.17) is 4.84 Å². The van der Waals surface area contributed by atoms with Gasteiger partial charge in [0.1, 0.15) is 6.61 Å². The first-order valence-electron chi connectivity index (χ1n) is 5.42. The lowest BCUT2D eigenvalue weighted by molar-refractivity contribution is -0.122. The first-order valence-corrected chi connectivity index (χ1v) is 5.42. The monoisotopic (exact) mass is 214 g/mol. The molecule has 0 heterocycles. The third-order valence-electron chi connectivity index (χ3n) is 1.71. The maximum absolute atomic E-state index is 11.2. The van der Waals surface area contributed by atoms with Gasteiger partial charge < -0.3 is 10.2 Å². The molecule has 0 fully saturated rings. The second kappa shape index (κ2) is 8.26. The molecule has 15 heavy (non-hydrogen) atoms. The van der Waals surface area contributed by atoms with Crippen LogP contribution in [0.15, 0.2) is 5.16 Å². The molecule has 0 bridgehead atoms. The van der Waals surface area contributed by atoms with Crippen molar-refractivity contribution < 1.29 is 9.63 Å². The van der Waals surface area contributed by atoms with Crippen LogP contribution < -0.4 is 5.32 Å². The lowest BCUT2D eigenvalue weighted by Gasteiger charge is -2.06. The molecule has 0 saturated carbocycles. The third kappa shape index (κ3) is 10.9. The van der Waals surface area contributed by atoms with Gasteiger partial charge in [-0.3, -0.25) is 4.79 Å². The summed E-state index contributed by atoms with van der Waals surface area (Å²) in [7, 11) is 0. The van der Waals surface area contributed by atoms with Gasteiger partial charge in [-0.25, -0.2) is 0 Å². The average Bonchev–Trinajstić information content (AvgIpc) is 2.11. The molecule has 0 aromatic rings. The van der Waals surface area contributed by atoms with E-state index in [2.05, 4.69) is 24.3 Å². The number of carbonyl (C=O) groups excluding carboxylic acids is 1. The van der Waals surface area contributed by atoms with E-state index in [-0.39, 0.29) is 5.91 Å². The van der Waals surface area contributed by atoms with Crippen molar-refractivity contribution in [3.05, 3.63) is 0 Å². The summed E-state index contributed by atoms with van der Waals surface area (Å²) in [5.74, 6) is 0.647. The lowest BCUT2D eigenvalue weighted by Crippen LogP contribution is -2.26. The standard InChI is InChI=1S/C11H22N2O2/c1-9(2)5-7-12-11(14)6-8-15-13-10(3)4/h9H,5-8H2,1-4H3,(H,12,14). The summed E-state index contributed by atoms with van der Waals surface area (Å²) in [6.07, 6.45) is 1.38. The van der Waals surface area contributed by atoms with Gasteiger partial charge in [-0.05, 0) is 26.2 Å². The predicted octanol–water partition coefficient (Wildman–Crippen LogP) is 1.95. The number of nitrogens with one attached hydrogen (secondary N) is 1. The fourth-order valence-corrected chi connectivity index (χ4v) is 0.902. The normalized spacial score (nSPS) is 9.93. The van der Waals surface area contributed by atoms with Crippen molar-refractivity contribution in [2.24, 2.45) is 11.1 Å². The largest absolute Gasteiger partial charge is 0.395 e. The summed E-state index contributed by atoms with van der Waals surface area (Å²) in [6.45, 7) is 9.05. The maximum atomic E-state index is 11.2. The molecule has 1 N–H and O–H groups in total. The van der Waals surface area contributed by atoms with Crippen LogP contribution in [0.4, 0.5) is 0 Å². The Morgan fingerprint density at radius 3 is 2.60 bits per heavy atom. The molecule has 0 aromatic carbocycles. The molecule has 0 saturated heterocycles. The van der Waals surface area contributed by atoms with Crippen LogP contribution in [0.1, 0.15) is 40.5 Å². The molecular formula is C11H22N2O2. The van der Waals surface area contributed by atoms with E-state index < -0.39 is 0 Å². The van der Waals surface area contributed by atoms with E-state index in [1.54, 1.807) is 0 Å². The molecule has 4 heteroatoms. The summed E-state index contributed by atoms with van der Waals surface area (Å²) in [5.41, 5.74) is 0.857. The topological polar surface area (TPSA) is 50.7 Å². The van der Waals surface area contributed by atoms with Gasteiger partial charge in [-0.2, -0.15) is 0 Å². The van der Waals surface area contributed by atoms with Crippen LogP contribution in [0.2, 0.25) is 0 Å². The highest BCUT2D eigenvalue weighted by molar-refractivity contribution is 5.78. The molecule has 0 atom stereocenters. The number of nitrogens with zero attached hydrogens (tertiary/aromatic N) is 1. The minimum absolute atomic E-state index is 0.0274. The van der Waals surface area contributed by atoms with Gasteiger partial charge in [0.15, 0.2) is 0 Å². The third-order valence-corrected chi connectivity index (χ3v) is 1.71. The zero-order valence-corrected chi connectivity index (χ0v) is 10.2. The van der Waals surface area contributed by atoms with E-state index in [1.165, 1.54) is 0 Å². The van der Waals surface area contributed by atoms with Crippen LogP contribution in [-0.4, -0.2) is 24.8 Å². The molecule has 1 amide bonds. The Balaban J connectivity index is 3.38. The van der Waals surface area contributed by atoms with Crippen LogP contribution in [0, 0.1) is 5.92 Å². The van der Waals surface area contributed by atoms with E-state index >= 15 is 0 Å². The van der Waals surface area contributed by atoms with E-state index in [9.17, 15) is 4.79 Å². The van der Waals surface area contributed by atoms with Crippen LogP contribution >= 0.6 is 0 Å². The number of hydrogen-bond acceptors (Lipinski definition) is 3. The fourth-order valence-electron chi connectivity index (χ4n) is 0.902. The van der Waals surface area contributed by atoms with Gasteiger partial charge in [-0.15, -0.1) is 0 Å². The molecular weight excluding hydrogens is 192 g/mol. The van der Waals surface area contributed by atoms with Gasteiger partial charge in [0.05, 0.1) is 12.1 Å². The van der Waals surface area contributed by atoms with Crippen molar-refractivity contribution >= 4 is 11.6 Å². The van der Waals surface area contributed by atoms with Crippen LogP contribution in [0.3, 0.4) is 0 Å². The molecule has 0 aliphatic carbocycles. The Morgan fingerprint density at radius 2 is 2.07 bits per heavy atom. The van der Waals surface area contributed by atoms with Crippen molar-refractivity contribution in [3.8, 4) is 0 Å². The summed E-state index contributed by atoms with van der Waals surface area (Å²) in [6, 6.07) is 0. The summed E-state index contributed by atoms with van der Waals surface area (Å²) < 4.78 is 0. The first kappa shape index (κ1) is 13.9. The highest BCUT2D eigenvalue weighted by Crippen LogP contribution is 1.96. The Labute approximate surface area is 92.1 Å². The maximum Gasteiger partial charge on any atom is 0.223 e. The summed E-state index contributed by atoms with van der Waals surface area (Å²) in [4.78, 5) is 16.1. The fraction of sp³-hybridized carbons (Fsp3) is 0.818. The van der Waals surface area contributed by atoms with Crippen molar-refractivity contribution in [2.45, 2.75) is 40.5 Å².